The number of nitrogens with two attached hydrogens (primary N) is 1. The van der Waals surface area contributed by atoms with E-state index in [4.69, 9.17) is 10.8 Å². The van der Waals surface area contributed by atoms with E-state index in [-0.39, 0.29) is 16.1 Å². The molecule has 0 fully saturated rings. The summed E-state index contributed by atoms with van der Waals surface area (Å²) in [5.74, 6) is -1.18. The number of hydrogen-bond acceptors (Lipinski definition) is 4. The van der Waals surface area contributed by atoms with Crippen molar-refractivity contribution in [1.82, 2.24) is 0 Å². The molecule has 0 aromatic heterocycles. The van der Waals surface area contributed by atoms with Crippen molar-refractivity contribution >= 4 is 43.3 Å². The monoisotopic (exact) mass is 370 g/mol. The molecule has 0 unspecified atom stereocenters. The molecular formula is C13H11BrN2O4S. The highest BCUT2D eigenvalue weighted by atomic mass is 79.9. The molecule has 0 bridgehead atoms. The van der Waals surface area contributed by atoms with Gasteiger partial charge in [0.25, 0.3) is 10.0 Å². The van der Waals surface area contributed by atoms with Crippen LogP contribution >= 0.6 is 15.9 Å². The van der Waals surface area contributed by atoms with Gasteiger partial charge < -0.3 is 10.8 Å². The fourth-order valence-corrected chi connectivity index (χ4v) is 3.25. The van der Waals surface area contributed by atoms with Gasteiger partial charge in [-0.2, -0.15) is 0 Å². The lowest BCUT2D eigenvalue weighted by atomic mass is 10.2. The van der Waals surface area contributed by atoms with Gasteiger partial charge in [-0.3, -0.25) is 4.72 Å². The lowest BCUT2D eigenvalue weighted by molar-refractivity contribution is 0.0697. The number of aromatic carboxylic acids is 1. The highest BCUT2D eigenvalue weighted by Crippen LogP contribution is 2.24. The quantitative estimate of drug-likeness (QED) is 0.716. The van der Waals surface area contributed by atoms with Gasteiger partial charge in [0.05, 0.1) is 11.3 Å². The predicted octanol–water partition coefficient (Wildman–Crippen LogP) is 2.53. The Kier molecular flexibility index (Phi) is 4.19. The number of nitrogens with one attached hydrogen (secondary N) is 1. The lowest BCUT2D eigenvalue weighted by Gasteiger charge is -2.11. The molecule has 110 valence electrons. The molecule has 2 aromatic carbocycles. The third-order valence-electron chi connectivity index (χ3n) is 2.62. The Morgan fingerprint density at radius 2 is 1.90 bits per heavy atom. The summed E-state index contributed by atoms with van der Waals surface area (Å²) in [5, 5.41) is 8.84. The fraction of sp³-hybridized carbons (Fsp3) is 0. The molecule has 4 N–H and O–H groups in total. The minimum atomic E-state index is -3.89. The van der Waals surface area contributed by atoms with Crippen LogP contribution in [0.15, 0.2) is 51.8 Å². The lowest BCUT2D eigenvalue weighted by Crippen LogP contribution is -2.15. The Morgan fingerprint density at radius 3 is 2.48 bits per heavy atom. The van der Waals surface area contributed by atoms with Gasteiger partial charge in [-0.1, -0.05) is 22.0 Å². The van der Waals surface area contributed by atoms with Crippen molar-refractivity contribution in [2.24, 2.45) is 0 Å². The maximum atomic E-state index is 12.3. The van der Waals surface area contributed by atoms with Crippen molar-refractivity contribution in [2.45, 2.75) is 4.90 Å². The highest BCUT2D eigenvalue weighted by molar-refractivity contribution is 9.10. The number of carboxylic acids is 1. The van der Waals surface area contributed by atoms with Crippen LogP contribution in [0.2, 0.25) is 0 Å². The molecule has 0 amide bonds. The average Bonchev–Trinajstić information content (AvgIpc) is 2.37. The van der Waals surface area contributed by atoms with Gasteiger partial charge in [-0.15, -0.1) is 0 Å². The summed E-state index contributed by atoms with van der Waals surface area (Å²) in [4.78, 5) is 10.6. The zero-order valence-corrected chi connectivity index (χ0v) is 13.0. The first-order valence-electron chi connectivity index (χ1n) is 5.71. The van der Waals surface area contributed by atoms with E-state index in [9.17, 15) is 13.2 Å². The van der Waals surface area contributed by atoms with E-state index < -0.39 is 16.0 Å². The van der Waals surface area contributed by atoms with Crippen molar-refractivity contribution < 1.29 is 18.3 Å². The largest absolute Gasteiger partial charge is 0.478 e. The molecule has 0 aliphatic rings. The van der Waals surface area contributed by atoms with Gasteiger partial charge in [0.15, 0.2) is 0 Å². The second-order valence-corrected chi connectivity index (χ2v) is 6.74. The summed E-state index contributed by atoms with van der Waals surface area (Å²) >= 11 is 3.24. The number of halogens is 1. The first-order chi connectivity index (χ1) is 9.79. The van der Waals surface area contributed by atoms with Crippen molar-refractivity contribution in [3.8, 4) is 0 Å². The second-order valence-electron chi connectivity index (χ2n) is 4.17. The number of benzene rings is 2. The number of sulfonamides is 1. The molecule has 0 atom stereocenters. The zero-order chi connectivity index (χ0) is 15.6. The van der Waals surface area contributed by atoms with E-state index in [2.05, 4.69) is 20.7 Å². The van der Waals surface area contributed by atoms with Gasteiger partial charge in [-0.05, 0) is 36.4 Å². The van der Waals surface area contributed by atoms with Crippen LogP contribution in [0.1, 0.15) is 10.4 Å². The number of hydrogen-bond donors (Lipinski definition) is 3. The standard InChI is InChI=1S/C13H11BrN2O4S/c14-9-2-1-3-10(7-9)16-21(19,20)12-5-4-8(13(17)18)6-11(12)15/h1-7,16H,15H2,(H,17,18). The van der Waals surface area contributed by atoms with Crippen molar-refractivity contribution in [3.05, 3.63) is 52.5 Å². The highest BCUT2D eigenvalue weighted by Gasteiger charge is 2.19. The second kappa shape index (κ2) is 5.74. The summed E-state index contributed by atoms with van der Waals surface area (Å²) in [6.45, 7) is 0. The van der Waals surface area contributed by atoms with Gasteiger partial charge in [-0.25, -0.2) is 13.2 Å². The van der Waals surface area contributed by atoms with Gasteiger partial charge in [0, 0.05) is 10.2 Å². The van der Waals surface area contributed by atoms with Crippen LogP contribution in [-0.2, 0) is 10.0 Å². The molecule has 8 heteroatoms. The van der Waals surface area contributed by atoms with Crippen LogP contribution in [0, 0.1) is 0 Å². The predicted molar refractivity (Wildman–Crippen MR) is 82.8 cm³/mol. The molecule has 0 saturated heterocycles. The molecule has 0 heterocycles. The van der Waals surface area contributed by atoms with Crippen LogP contribution in [-0.4, -0.2) is 19.5 Å². The van der Waals surface area contributed by atoms with Crippen LogP contribution < -0.4 is 10.5 Å². The van der Waals surface area contributed by atoms with Gasteiger partial charge >= 0.3 is 5.97 Å². The fourth-order valence-electron chi connectivity index (χ4n) is 1.69. The summed E-state index contributed by atoms with van der Waals surface area (Å²) < 4.78 is 27.6. The van der Waals surface area contributed by atoms with E-state index in [0.29, 0.717) is 5.69 Å². The molecule has 0 saturated carbocycles. The molecule has 0 aliphatic carbocycles. The molecule has 21 heavy (non-hydrogen) atoms. The first kappa shape index (κ1) is 15.3. The summed E-state index contributed by atoms with van der Waals surface area (Å²) in [6.07, 6.45) is 0. The Balaban J connectivity index is 2.38. The number of anilines is 2. The smallest absolute Gasteiger partial charge is 0.335 e. The van der Waals surface area contributed by atoms with Crippen LogP contribution in [0.4, 0.5) is 11.4 Å². The van der Waals surface area contributed by atoms with E-state index in [1.165, 1.54) is 12.1 Å². The maximum absolute atomic E-state index is 12.3. The van der Waals surface area contributed by atoms with E-state index >= 15 is 0 Å². The molecule has 2 aromatic rings. The molecule has 0 aliphatic heterocycles. The number of rotatable bonds is 4. The average molecular weight is 371 g/mol. The topological polar surface area (TPSA) is 109 Å². The van der Waals surface area contributed by atoms with Crippen LogP contribution in [0.3, 0.4) is 0 Å². The number of carboxylic acid groups (broad SMARTS) is 1. The maximum Gasteiger partial charge on any atom is 0.335 e. The van der Waals surface area contributed by atoms with Gasteiger partial charge in [0.1, 0.15) is 4.90 Å². The Hall–Kier alpha value is -2.06. The summed E-state index contributed by atoms with van der Waals surface area (Å²) in [5.41, 5.74) is 5.80. The van der Waals surface area contributed by atoms with Crippen molar-refractivity contribution in [2.75, 3.05) is 10.5 Å². The molecule has 0 radical (unpaired) electrons. The Bertz CT molecular complexity index is 806. The molecule has 2 rings (SSSR count). The molecule has 0 spiro atoms. The summed E-state index contributed by atoms with van der Waals surface area (Å²) in [7, 11) is -3.89. The normalized spacial score (nSPS) is 11.1. The number of carbonyl (C=O) groups is 1. The van der Waals surface area contributed by atoms with Crippen LogP contribution in [0.5, 0.6) is 0 Å². The molecule has 6 nitrogen and oxygen atoms in total. The first-order valence-corrected chi connectivity index (χ1v) is 7.98. The number of nitrogen functional groups attached to an aromatic ring is 1. The summed E-state index contributed by atoms with van der Waals surface area (Å²) in [6, 6.07) is 10.1. The van der Waals surface area contributed by atoms with Gasteiger partial charge in [0.2, 0.25) is 0 Å². The zero-order valence-electron chi connectivity index (χ0n) is 10.6. The Morgan fingerprint density at radius 1 is 1.19 bits per heavy atom. The minimum Gasteiger partial charge on any atom is -0.478 e. The molecular weight excluding hydrogens is 360 g/mol. The third-order valence-corrected chi connectivity index (χ3v) is 4.57. The van der Waals surface area contributed by atoms with Crippen molar-refractivity contribution in [3.63, 3.8) is 0 Å². The third kappa shape index (κ3) is 3.53. The SMILES string of the molecule is Nc1cc(C(=O)O)ccc1S(=O)(=O)Nc1cccc(Br)c1. The van der Waals surface area contributed by atoms with E-state index in [1.807, 2.05) is 0 Å². The van der Waals surface area contributed by atoms with Crippen LogP contribution in [0.25, 0.3) is 0 Å². The van der Waals surface area contributed by atoms with Crippen molar-refractivity contribution in [1.29, 1.82) is 0 Å². The minimum absolute atomic E-state index is 0.0751. The Labute approximate surface area is 129 Å². The van der Waals surface area contributed by atoms with E-state index in [1.54, 1.807) is 24.3 Å². The van der Waals surface area contributed by atoms with E-state index in [0.717, 1.165) is 10.5 Å².